The zero-order chi connectivity index (χ0) is 43.8. The minimum Gasteiger partial charge on any atom is -0.273 e. The quantitative estimate of drug-likeness (QED) is 0.140. The second kappa shape index (κ2) is 15.5. The maximum absolute atomic E-state index is 14.4. The van der Waals surface area contributed by atoms with E-state index in [-0.39, 0.29) is 23.6 Å². The van der Waals surface area contributed by atoms with E-state index in [0.717, 1.165) is 67.0 Å². The summed E-state index contributed by atoms with van der Waals surface area (Å²) in [5, 5.41) is 3.50. The van der Waals surface area contributed by atoms with Crippen LogP contribution in [0.15, 0.2) is 133 Å². The number of imide groups is 2. The highest BCUT2D eigenvalue weighted by Gasteiger charge is 2.62. The Bertz CT molecular complexity index is 2570. The first-order valence-corrected chi connectivity index (χ1v) is 21.5. The van der Waals surface area contributed by atoms with E-state index in [0.29, 0.717) is 17.8 Å². The van der Waals surface area contributed by atoms with Gasteiger partial charge in [-0.05, 0) is 141 Å². The van der Waals surface area contributed by atoms with Crippen molar-refractivity contribution in [3.05, 3.63) is 189 Å². The number of hydrogen-bond acceptors (Lipinski definition) is 8. The number of hydrogen-bond donors (Lipinski definition) is 0. The van der Waals surface area contributed by atoms with Gasteiger partial charge in [0.15, 0.2) is 12.2 Å². The summed E-state index contributed by atoms with van der Waals surface area (Å²) in [6.07, 6.45) is -1.38. The van der Waals surface area contributed by atoms with Crippen LogP contribution in [0.5, 0.6) is 0 Å². The maximum Gasteiger partial charge on any atom is 0.266 e. The summed E-state index contributed by atoms with van der Waals surface area (Å²) >= 11 is 0. The number of nitrogens with zero attached hydrogens (tertiary/aromatic N) is 4. The fourth-order valence-electron chi connectivity index (χ4n) is 10.6. The van der Waals surface area contributed by atoms with Gasteiger partial charge in [-0.3, -0.25) is 28.9 Å². The number of carbonyl (C=O) groups is 4. The summed E-state index contributed by atoms with van der Waals surface area (Å²) in [5.41, 5.74) is 12.9. The highest BCUT2D eigenvalue weighted by atomic mass is 16.7. The van der Waals surface area contributed by atoms with Crippen molar-refractivity contribution in [3.63, 3.8) is 0 Å². The summed E-state index contributed by atoms with van der Waals surface area (Å²) in [4.78, 5) is 72.5. The first-order chi connectivity index (χ1) is 30.4. The molecule has 4 aliphatic rings. The molecule has 63 heavy (non-hydrogen) atoms. The van der Waals surface area contributed by atoms with Crippen molar-refractivity contribution >= 4 is 46.4 Å². The molecular formula is C53H48N4O6. The topological polar surface area (TPSA) is 99.7 Å². The van der Waals surface area contributed by atoms with Crippen molar-refractivity contribution < 1.29 is 28.9 Å². The molecule has 0 unspecified atom stereocenters. The Kier molecular flexibility index (Phi) is 9.88. The minimum absolute atomic E-state index is 0.292. The SMILES string of the molecule is Cc1cc(C)c([C@H]2[C@@H]3C(=O)N(c4ccc(Cc5ccc(N6C(=O)[C@H]7[C@H](ON(c8ccccc8)[C@H]7c7c(C)cc(C)cc7C)C6=O)cc5)cc4)C(=O)[C@H]3ON2c2ccccc2)c(C)c1. The first kappa shape index (κ1) is 40.2. The van der Waals surface area contributed by atoms with E-state index in [1.807, 2.05) is 113 Å². The molecule has 0 aromatic heterocycles. The summed E-state index contributed by atoms with van der Waals surface area (Å²) in [6, 6.07) is 41.6. The number of benzene rings is 6. The number of hydroxylamine groups is 2. The van der Waals surface area contributed by atoms with E-state index in [2.05, 4.69) is 38.1 Å². The van der Waals surface area contributed by atoms with Gasteiger partial charge in [0.2, 0.25) is 11.8 Å². The van der Waals surface area contributed by atoms with Crippen LogP contribution in [0.25, 0.3) is 0 Å². The maximum atomic E-state index is 14.4. The first-order valence-electron chi connectivity index (χ1n) is 21.5. The average molecular weight is 837 g/mol. The van der Waals surface area contributed by atoms with Gasteiger partial charge in [0.05, 0.1) is 34.8 Å². The predicted molar refractivity (Wildman–Crippen MR) is 242 cm³/mol. The molecule has 0 bridgehead atoms. The third kappa shape index (κ3) is 6.63. The van der Waals surface area contributed by atoms with E-state index < -0.39 is 36.1 Å². The fourth-order valence-corrected chi connectivity index (χ4v) is 10.6. The average Bonchev–Trinajstić information content (AvgIpc) is 3.97. The lowest BCUT2D eigenvalue weighted by Gasteiger charge is -2.31. The minimum atomic E-state index is -0.967. The van der Waals surface area contributed by atoms with E-state index in [9.17, 15) is 19.2 Å². The molecule has 4 amide bonds. The molecule has 0 N–H and O–H groups in total. The number of rotatable bonds is 8. The van der Waals surface area contributed by atoms with Crippen molar-refractivity contribution in [2.24, 2.45) is 11.8 Å². The Morgan fingerprint density at radius 1 is 0.413 bits per heavy atom. The molecule has 4 fully saturated rings. The lowest BCUT2D eigenvalue weighted by molar-refractivity contribution is -0.127. The predicted octanol–water partition coefficient (Wildman–Crippen LogP) is 9.23. The van der Waals surface area contributed by atoms with Crippen molar-refractivity contribution in [1.82, 2.24) is 0 Å². The fraction of sp³-hybridized carbons (Fsp3) is 0.245. The molecule has 6 aromatic carbocycles. The van der Waals surface area contributed by atoms with E-state index in [1.54, 1.807) is 34.4 Å². The number of amides is 4. The van der Waals surface area contributed by atoms with Crippen molar-refractivity contribution in [2.75, 3.05) is 19.9 Å². The number of para-hydroxylation sites is 2. The van der Waals surface area contributed by atoms with E-state index in [4.69, 9.17) is 9.68 Å². The molecule has 4 saturated heterocycles. The molecule has 4 aliphatic heterocycles. The molecule has 10 nitrogen and oxygen atoms in total. The van der Waals surface area contributed by atoms with Gasteiger partial charge in [0, 0.05) is 0 Å². The van der Waals surface area contributed by atoms with Crippen molar-refractivity contribution in [3.8, 4) is 0 Å². The van der Waals surface area contributed by atoms with Gasteiger partial charge in [-0.25, -0.2) is 19.9 Å². The summed E-state index contributed by atoms with van der Waals surface area (Å²) in [7, 11) is 0. The number of aryl methyl sites for hydroxylation is 6. The molecule has 6 aromatic rings. The Labute approximate surface area is 367 Å². The Morgan fingerprint density at radius 2 is 0.746 bits per heavy atom. The third-order valence-electron chi connectivity index (χ3n) is 13.1. The van der Waals surface area contributed by atoms with Crippen LogP contribution in [-0.4, -0.2) is 35.8 Å². The third-order valence-corrected chi connectivity index (χ3v) is 13.1. The summed E-state index contributed by atoms with van der Waals surface area (Å²) in [6.45, 7) is 12.3. The molecule has 10 heteroatoms. The zero-order valence-electron chi connectivity index (χ0n) is 36.1. The number of fused-ring (bicyclic) bond motifs is 2. The van der Waals surface area contributed by atoms with Gasteiger partial charge in [-0.15, -0.1) is 0 Å². The van der Waals surface area contributed by atoms with Gasteiger partial charge in [-0.1, -0.05) is 96.1 Å². The lowest BCUT2D eigenvalue weighted by atomic mass is 9.85. The smallest absolute Gasteiger partial charge is 0.266 e. The van der Waals surface area contributed by atoms with Crippen LogP contribution in [-0.2, 0) is 35.3 Å². The standard InChI is InChI=1S/C53H48N4O6/c1-30-25-32(3)42(33(4)26-30)46-44-48(62-56(46)40-13-9-7-10-14-40)52(60)54(50(44)58)38-21-17-36(18-22-38)29-37-19-23-39(24-20-37)55-51(59)45-47(43-34(5)27-31(2)28-35(43)6)57(63-49(45)53(55)61)41-15-11-8-12-16-41/h7-28,44-49H,29H2,1-6H3/t44-,45+,46-,47-,48-,49-/m0/s1. The second-order valence-corrected chi connectivity index (χ2v) is 17.5. The van der Waals surface area contributed by atoms with Gasteiger partial charge >= 0.3 is 0 Å². The van der Waals surface area contributed by atoms with E-state index in [1.165, 1.54) is 9.80 Å². The monoisotopic (exact) mass is 836 g/mol. The lowest BCUT2D eigenvalue weighted by Crippen LogP contribution is -2.37. The molecule has 0 radical (unpaired) electrons. The zero-order valence-corrected chi connectivity index (χ0v) is 36.1. The highest BCUT2D eigenvalue weighted by molar-refractivity contribution is 6.24. The van der Waals surface area contributed by atoms with E-state index >= 15 is 0 Å². The highest BCUT2D eigenvalue weighted by Crippen LogP contribution is 2.51. The van der Waals surface area contributed by atoms with Crippen LogP contribution < -0.4 is 19.9 Å². The van der Waals surface area contributed by atoms with Gasteiger partial charge in [-0.2, -0.15) is 0 Å². The molecule has 316 valence electrons. The number of carbonyl (C=O) groups excluding carboxylic acids is 4. The van der Waals surface area contributed by atoms with Gasteiger partial charge in [0.1, 0.15) is 11.8 Å². The molecule has 0 spiro atoms. The van der Waals surface area contributed by atoms with Crippen LogP contribution in [0, 0.1) is 53.4 Å². The van der Waals surface area contributed by atoms with Gasteiger partial charge in [0.25, 0.3) is 11.8 Å². The van der Waals surface area contributed by atoms with Crippen molar-refractivity contribution in [2.45, 2.75) is 72.3 Å². The molecule has 10 rings (SSSR count). The summed E-state index contributed by atoms with van der Waals surface area (Å²) in [5.74, 6) is -2.83. The Morgan fingerprint density at radius 3 is 1.08 bits per heavy atom. The molecule has 4 heterocycles. The Balaban J connectivity index is 0.869. The summed E-state index contributed by atoms with van der Waals surface area (Å²) < 4.78 is 0. The van der Waals surface area contributed by atoms with Crippen LogP contribution in [0.1, 0.15) is 67.7 Å². The van der Waals surface area contributed by atoms with Crippen LogP contribution in [0.3, 0.4) is 0 Å². The van der Waals surface area contributed by atoms with Crippen LogP contribution in [0.2, 0.25) is 0 Å². The van der Waals surface area contributed by atoms with Crippen LogP contribution in [0.4, 0.5) is 22.7 Å². The number of anilines is 4. The van der Waals surface area contributed by atoms with Crippen molar-refractivity contribution in [1.29, 1.82) is 0 Å². The van der Waals surface area contributed by atoms with Gasteiger partial charge < -0.3 is 0 Å². The Hall–Kier alpha value is -6.88. The normalized spacial score (nSPS) is 23.0. The molecule has 0 aliphatic carbocycles. The van der Waals surface area contributed by atoms with Crippen LogP contribution >= 0.6 is 0 Å². The molecule has 0 saturated carbocycles. The largest absolute Gasteiger partial charge is 0.273 e. The molecular weight excluding hydrogens is 789 g/mol. The second-order valence-electron chi connectivity index (χ2n) is 17.5. The molecule has 6 atom stereocenters.